The summed E-state index contributed by atoms with van der Waals surface area (Å²) < 4.78 is 38.0. The number of carbonyl (C=O) groups is 1. The van der Waals surface area contributed by atoms with Crippen molar-refractivity contribution in [3.63, 3.8) is 0 Å². The average molecular weight is 314 g/mol. The minimum atomic E-state index is -4.37. The van der Waals surface area contributed by atoms with E-state index in [1.807, 2.05) is 0 Å². The minimum Gasteiger partial charge on any atom is -0.380 e. The van der Waals surface area contributed by atoms with Crippen LogP contribution >= 0.6 is 11.3 Å². The topological polar surface area (TPSA) is 55.1 Å². The van der Waals surface area contributed by atoms with Crippen molar-refractivity contribution in [2.75, 3.05) is 5.32 Å². The van der Waals surface area contributed by atoms with Crippen LogP contribution in [0.1, 0.15) is 26.4 Å². The fraction of sp³-hybridized carbons (Fsp3) is 0.214. The van der Waals surface area contributed by atoms with Gasteiger partial charge >= 0.3 is 6.18 Å². The molecule has 0 radical (unpaired) electrons. The summed E-state index contributed by atoms with van der Waals surface area (Å²) in [5.74, 6) is -0.521. The molecule has 1 heterocycles. The van der Waals surface area contributed by atoms with E-state index in [2.05, 4.69) is 5.32 Å². The van der Waals surface area contributed by atoms with Gasteiger partial charge in [-0.25, -0.2) is 0 Å². The lowest BCUT2D eigenvalue weighted by molar-refractivity contribution is -0.137. The van der Waals surface area contributed by atoms with E-state index in [1.165, 1.54) is 17.4 Å². The molecule has 0 atom stereocenters. The highest BCUT2D eigenvalue weighted by Crippen LogP contribution is 2.32. The number of benzene rings is 1. The Morgan fingerprint density at radius 1 is 1.33 bits per heavy atom. The number of nitrogens with one attached hydrogen (secondary N) is 1. The Morgan fingerprint density at radius 3 is 2.62 bits per heavy atom. The molecule has 0 spiro atoms. The quantitative estimate of drug-likeness (QED) is 0.902. The Labute approximate surface area is 123 Å². The molecule has 0 saturated heterocycles. The van der Waals surface area contributed by atoms with E-state index in [4.69, 9.17) is 5.73 Å². The second-order valence-corrected chi connectivity index (χ2v) is 5.54. The van der Waals surface area contributed by atoms with Gasteiger partial charge in [0.1, 0.15) is 0 Å². The summed E-state index contributed by atoms with van der Waals surface area (Å²) in [6.07, 6.45) is -4.37. The highest BCUT2D eigenvalue weighted by Gasteiger charge is 2.30. The van der Waals surface area contributed by atoms with Crippen molar-refractivity contribution in [2.24, 2.45) is 5.73 Å². The first-order valence-corrected chi connectivity index (χ1v) is 6.94. The fourth-order valence-corrected chi connectivity index (χ4v) is 2.59. The van der Waals surface area contributed by atoms with Gasteiger partial charge in [-0.2, -0.15) is 13.2 Å². The van der Waals surface area contributed by atoms with E-state index in [-0.39, 0.29) is 0 Å². The first-order valence-electron chi connectivity index (χ1n) is 6.06. The maximum atomic E-state index is 12.7. The average Bonchev–Trinajstić information content (AvgIpc) is 2.85. The van der Waals surface area contributed by atoms with Gasteiger partial charge in [0.05, 0.1) is 11.1 Å². The minimum absolute atomic E-state index is 0.333. The second-order valence-electron chi connectivity index (χ2n) is 4.55. The van der Waals surface area contributed by atoms with Crippen LogP contribution in [0.4, 0.5) is 18.9 Å². The van der Waals surface area contributed by atoms with E-state index in [9.17, 15) is 18.0 Å². The maximum Gasteiger partial charge on any atom is 0.416 e. The van der Waals surface area contributed by atoms with Gasteiger partial charge in [-0.3, -0.25) is 4.79 Å². The molecule has 0 bridgehead atoms. The lowest BCUT2D eigenvalue weighted by atomic mass is 10.1. The Kier molecular flexibility index (Phi) is 4.22. The number of hydrogen-bond acceptors (Lipinski definition) is 3. The van der Waals surface area contributed by atoms with Gasteiger partial charge < -0.3 is 11.1 Å². The Morgan fingerprint density at radius 2 is 2.05 bits per heavy atom. The molecule has 7 heteroatoms. The number of rotatable bonds is 4. The van der Waals surface area contributed by atoms with Crippen LogP contribution < -0.4 is 11.1 Å². The second kappa shape index (κ2) is 5.77. The first-order chi connectivity index (χ1) is 9.77. The smallest absolute Gasteiger partial charge is 0.380 e. The van der Waals surface area contributed by atoms with E-state index >= 15 is 0 Å². The van der Waals surface area contributed by atoms with Crippen LogP contribution in [-0.4, -0.2) is 5.91 Å². The third kappa shape index (κ3) is 3.75. The normalized spacial score (nSPS) is 11.4. The van der Waals surface area contributed by atoms with E-state index in [0.717, 1.165) is 22.6 Å². The predicted molar refractivity (Wildman–Crippen MR) is 76.3 cm³/mol. The molecule has 0 fully saturated rings. The zero-order chi connectivity index (χ0) is 15.6. The van der Waals surface area contributed by atoms with Crippen LogP contribution in [0.25, 0.3) is 0 Å². The highest BCUT2D eigenvalue weighted by atomic mass is 32.1. The number of hydrogen-bond donors (Lipinski definition) is 2. The maximum absolute atomic E-state index is 12.7. The molecule has 21 heavy (non-hydrogen) atoms. The number of primary amides is 1. The molecule has 3 nitrogen and oxygen atoms in total. The number of alkyl halides is 3. The molecule has 0 aliphatic carbocycles. The van der Waals surface area contributed by atoms with E-state index in [0.29, 0.717) is 17.8 Å². The Hall–Kier alpha value is -2.02. The molecule has 1 aromatic heterocycles. The van der Waals surface area contributed by atoms with Gasteiger partial charge in [0.2, 0.25) is 5.91 Å². The molecular weight excluding hydrogens is 301 g/mol. The van der Waals surface area contributed by atoms with Crippen molar-refractivity contribution in [3.8, 4) is 0 Å². The number of carbonyl (C=O) groups excluding carboxylic acids is 1. The van der Waals surface area contributed by atoms with Crippen molar-refractivity contribution < 1.29 is 18.0 Å². The van der Waals surface area contributed by atoms with Crippen molar-refractivity contribution >= 4 is 22.9 Å². The SMILES string of the molecule is Cc1ccc(C(F)(F)F)cc1NCc1cc(C(N)=O)cs1. The summed E-state index contributed by atoms with van der Waals surface area (Å²) >= 11 is 1.33. The summed E-state index contributed by atoms with van der Waals surface area (Å²) in [5, 5.41) is 4.58. The summed E-state index contributed by atoms with van der Waals surface area (Å²) in [4.78, 5) is 11.8. The molecule has 112 valence electrons. The van der Waals surface area contributed by atoms with E-state index < -0.39 is 17.6 Å². The molecule has 1 amide bonds. The highest BCUT2D eigenvalue weighted by molar-refractivity contribution is 7.10. The summed E-state index contributed by atoms with van der Waals surface area (Å²) in [6.45, 7) is 2.06. The van der Waals surface area contributed by atoms with Gasteiger partial charge in [-0.15, -0.1) is 11.3 Å². The number of thiophene rings is 1. The molecule has 0 unspecified atom stereocenters. The number of nitrogens with two attached hydrogens (primary N) is 1. The third-order valence-corrected chi connectivity index (χ3v) is 3.89. The van der Waals surface area contributed by atoms with Crippen molar-refractivity contribution in [3.05, 3.63) is 51.2 Å². The predicted octanol–water partition coefficient (Wildman–Crippen LogP) is 3.79. The Balaban J connectivity index is 2.13. The lowest BCUT2D eigenvalue weighted by Gasteiger charge is -2.12. The van der Waals surface area contributed by atoms with Gasteiger partial charge in [0.15, 0.2) is 0 Å². The zero-order valence-corrected chi connectivity index (χ0v) is 11.9. The molecule has 2 rings (SSSR count). The van der Waals surface area contributed by atoms with Crippen LogP contribution in [-0.2, 0) is 12.7 Å². The van der Waals surface area contributed by atoms with Crippen LogP contribution in [0.5, 0.6) is 0 Å². The van der Waals surface area contributed by atoms with Crippen molar-refractivity contribution in [1.29, 1.82) is 0 Å². The summed E-state index contributed by atoms with van der Waals surface area (Å²) in [7, 11) is 0. The third-order valence-electron chi connectivity index (χ3n) is 2.96. The van der Waals surface area contributed by atoms with Crippen LogP contribution in [0.15, 0.2) is 29.6 Å². The number of halogens is 3. The monoisotopic (exact) mass is 314 g/mol. The molecular formula is C14H13F3N2OS. The number of amides is 1. The lowest BCUT2D eigenvalue weighted by Crippen LogP contribution is -2.09. The van der Waals surface area contributed by atoms with Gasteiger partial charge in [0, 0.05) is 22.5 Å². The van der Waals surface area contributed by atoms with Crippen LogP contribution in [0.2, 0.25) is 0 Å². The van der Waals surface area contributed by atoms with Crippen LogP contribution in [0, 0.1) is 6.92 Å². The largest absolute Gasteiger partial charge is 0.416 e. The van der Waals surface area contributed by atoms with Gasteiger partial charge in [-0.1, -0.05) is 6.07 Å². The molecule has 0 saturated carbocycles. The standard InChI is InChI=1S/C14H13F3N2OS/c1-8-2-3-10(14(15,16)17)5-12(8)19-6-11-4-9(7-21-11)13(18)20/h2-5,7,19H,6H2,1H3,(H2,18,20). The van der Waals surface area contributed by atoms with Crippen molar-refractivity contribution in [2.45, 2.75) is 19.6 Å². The Bertz CT molecular complexity index is 664. The van der Waals surface area contributed by atoms with Crippen molar-refractivity contribution in [1.82, 2.24) is 0 Å². The molecule has 0 aliphatic heterocycles. The zero-order valence-electron chi connectivity index (χ0n) is 11.1. The van der Waals surface area contributed by atoms with Crippen LogP contribution in [0.3, 0.4) is 0 Å². The fourth-order valence-electron chi connectivity index (χ4n) is 1.77. The van der Waals surface area contributed by atoms with Gasteiger partial charge in [-0.05, 0) is 30.7 Å². The summed E-state index contributed by atoms with van der Waals surface area (Å²) in [6, 6.07) is 5.19. The summed E-state index contributed by atoms with van der Waals surface area (Å²) in [5.41, 5.74) is 5.99. The molecule has 0 aliphatic rings. The molecule has 2 aromatic rings. The number of anilines is 1. The van der Waals surface area contributed by atoms with E-state index in [1.54, 1.807) is 18.4 Å². The number of aryl methyl sites for hydroxylation is 1. The first kappa shape index (κ1) is 15.4. The molecule has 3 N–H and O–H groups in total. The molecule has 1 aromatic carbocycles. The van der Waals surface area contributed by atoms with Gasteiger partial charge in [0.25, 0.3) is 0 Å².